The van der Waals surface area contributed by atoms with Crippen molar-refractivity contribution in [3.63, 3.8) is 0 Å². The van der Waals surface area contributed by atoms with E-state index in [1.165, 1.54) is 0 Å². The molecule has 0 aromatic carbocycles. The van der Waals surface area contributed by atoms with Gasteiger partial charge in [-0.05, 0) is 6.92 Å². The second-order valence-electron chi connectivity index (χ2n) is 1.11. The Morgan fingerprint density at radius 1 is 1.71 bits per heavy atom. The van der Waals surface area contributed by atoms with Gasteiger partial charge in [-0.15, -0.1) is 0 Å². The molecule has 0 aromatic rings. The van der Waals surface area contributed by atoms with E-state index in [1.807, 2.05) is 0 Å². The highest BCUT2D eigenvalue weighted by molar-refractivity contribution is 4.90. The zero-order chi connectivity index (χ0) is 5.86. The molecular formula is C4H5F3. The molecular weight excluding hydrogens is 105 g/mol. The summed E-state index contributed by atoms with van der Waals surface area (Å²) in [5.74, 6) is -1.36. The van der Waals surface area contributed by atoms with Gasteiger partial charge in [0.15, 0.2) is 12.0 Å². The Kier molecular flexibility index (Phi) is 2.48. The fourth-order valence-electron chi connectivity index (χ4n) is 0.0868. The Morgan fingerprint density at radius 2 is 2.14 bits per heavy atom. The van der Waals surface area contributed by atoms with Gasteiger partial charge in [0, 0.05) is 0 Å². The summed E-state index contributed by atoms with van der Waals surface area (Å²) in [6, 6.07) is 0. The lowest BCUT2D eigenvalue weighted by molar-refractivity contribution is 0.341. The number of hydrogen-bond donors (Lipinski definition) is 0. The van der Waals surface area contributed by atoms with Crippen LogP contribution < -0.4 is 0 Å². The van der Waals surface area contributed by atoms with Crippen LogP contribution in [0.3, 0.4) is 0 Å². The van der Waals surface area contributed by atoms with Gasteiger partial charge in [0.1, 0.15) is 6.33 Å². The lowest BCUT2D eigenvalue weighted by Gasteiger charge is -1.89. The molecule has 0 fully saturated rings. The molecule has 1 atom stereocenters. The Labute approximate surface area is 39.6 Å². The fraction of sp³-hybridized carbons (Fsp3) is 0.500. The maximum absolute atomic E-state index is 11.4. The van der Waals surface area contributed by atoms with Crippen molar-refractivity contribution in [2.45, 2.75) is 13.1 Å². The zero-order valence-electron chi connectivity index (χ0n) is 3.79. The van der Waals surface area contributed by atoms with E-state index < -0.39 is 12.0 Å². The lowest BCUT2D eigenvalue weighted by Crippen LogP contribution is -1.89. The summed E-state index contributed by atoms with van der Waals surface area (Å²) in [4.78, 5) is 0. The number of hydrogen-bond acceptors (Lipinski definition) is 0. The standard InChI is InChI=1S/C4H5F3/c1-3(6)4(7)2-5/h2-3H,1H3/b4-2-. The molecule has 1 unspecified atom stereocenters. The molecule has 0 heterocycles. The first-order chi connectivity index (χ1) is 3.18. The van der Waals surface area contributed by atoms with Crippen LogP contribution in [0.4, 0.5) is 13.2 Å². The molecule has 0 bridgehead atoms. The highest BCUT2D eigenvalue weighted by Crippen LogP contribution is 2.05. The fourth-order valence-corrected chi connectivity index (χ4v) is 0.0868. The van der Waals surface area contributed by atoms with Gasteiger partial charge in [0.2, 0.25) is 0 Å². The van der Waals surface area contributed by atoms with Crippen molar-refractivity contribution in [1.29, 1.82) is 0 Å². The predicted octanol–water partition coefficient (Wildman–Crippen LogP) is 2.12. The molecule has 0 nitrogen and oxygen atoms in total. The van der Waals surface area contributed by atoms with Crippen molar-refractivity contribution in [3.8, 4) is 0 Å². The van der Waals surface area contributed by atoms with Crippen molar-refractivity contribution in [2.24, 2.45) is 0 Å². The van der Waals surface area contributed by atoms with Crippen LogP contribution in [0.5, 0.6) is 0 Å². The van der Waals surface area contributed by atoms with Gasteiger partial charge in [-0.1, -0.05) is 0 Å². The molecule has 0 saturated heterocycles. The second-order valence-corrected chi connectivity index (χ2v) is 1.11. The van der Waals surface area contributed by atoms with Crippen LogP contribution in [0.1, 0.15) is 6.92 Å². The van der Waals surface area contributed by atoms with Crippen LogP contribution in [0.25, 0.3) is 0 Å². The number of rotatable bonds is 1. The topological polar surface area (TPSA) is 0 Å². The van der Waals surface area contributed by atoms with Gasteiger partial charge in [-0.2, -0.15) is 0 Å². The van der Waals surface area contributed by atoms with Gasteiger partial charge in [0.25, 0.3) is 0 Å². The third kappa shape index (κ3) is 2.25. The van der Waals surface area contributed by atoms with E-state index >= 15 is 0 Å². The summed E-state index contributed by atoms with van der Waals surface area (Å²) >= 11 is 0. The highest BCUT2D eigenvalue weighted by atomic mass is 19.2. The van der Waals surface area contributed by atoms with Crippen molar-refractivity contribution in [1.82, 2.24) is 0 Å². The first kappa shape index (κ1) is 6.53. The molecule has 0 saturated carbocycles. The van der Waals surface area contributed by atoms with Gasteiger partial charge < -0.3 is 0 Å². The Bertz CT molecular complexity index is 75.0. The van der Waals surface area contributed by atoms with Gasteiger partial charge in [-0.25, -0.2) is 13.2 Å². The van der Waals surface area contributed by atoms with E-state index in [0.29, 0.717) is 0 Å². The smallest absolute Gasteiger partial charge is 0.162 e. The van der Waals surface area contributed by atoms with E-state index in [0.717, 1.165) is 6.92 Å². The minimum atomic E-state index is -1.81. The molecule has 0 N–H and O–H groups in total. The van der Waals surface area contributed by atoms with Crippen LogP contribution in [0.2, 0.25) is 0 Å². The van der Waals surface area contributed by atoms with E-state index in [1.54, 1.807) is 0 Å². The first-order valence-corrected chi connectivity index (χ1v) is 1.78. The monoisotopic (exact) mass is 110 g/mol. The Hall–Kier alpha value is -0.470. The third-order valence-corrected chi connectivity index (χ3v) is 0.484. The molecule has 0 radical (unpaired) electrons. The van der Waals surface area contributed by atoms with Gasteiger partial charge in [0.05, 0.1) is 0 Å². The third-order valence-electron chi connectivity index (χ3n) is 0.484. The van der Waals surface area contributed by atoms with Gasteiger partial charge >= 0.3 is 0 Å². The summed E-state index contributed by atoms with van der Waals surface area (Å²) in [6.07, 6.45) is -2.20. The van der Waals surface area contributed by atoms with E-state index in [-0.39, 0.29) is 6.33 Å². The quantitative estimate of drug-likeness (QED) is 0.485. The largest absolute Gasteiger partial charge is 0.240 e. The second kappa shape index (κ2) is 2.66. The average Bonchev–Trinajstić information content (AvgIpc) is 1.65. The molecule has 0 aromatic heterocycles. The van der Waals surface area contributed by atoms with Crippen molar-refractivity contribution < 1.29 is 13.2 Å². The first-order valence-electron chi connectivity index (χ1n) is 1.78. The molecule has 0 spiro atoms. The summed E-state index contributed by atoms with van der Waals surface area (Å²) in [5.41, 5.74) is 0. The average molecular weight is 110 g/mol. The molecule has 0 aliphatic rings. The molecule has 3 heteroatoms. The maximum Gasteiger partial charge on any atom is 0.162 e. The predicted molar refractivity (Wildman–Crippen MR) is 20.9 cm³/mol. The van der Waals surface area contributed by atoms with E-state index in [2.05, 4.69) is 0 Å². The molecule has 0 aliphatic heterocycles. The van der Waals surface area contributed by atoms with Crippen molar-refractivity contribution in [3.05, 3.63) is 12.2 Å². The van der Waals surface area contributed by atoms with E-state index in [9.17, 15) is 13.2 Å². The molecule has 0 rings (SSSR count). The van der Waals surface area contributed by atoms with E-state index in [4.69, 9.17) is 0 Å². The molecule has 42 valence electrons. The molecule has 0 amide bonds. The number of alkyl halides is 1. The summed E-state index contributed by atoms with van der Waals surface area (Å²) < 4.78 is 33.6. The van der Waals surface area contributed by atoms with Crippen LogP contribution in [0, 0.1) is 0 Å². The van der Waals surface area contributed by atoms with Crippen molar-refractivity contribution >= 4 is 0 Å². The molecule has 7 heavy (non-hydrogen) atoms. The SMILES string of the molecule is CC(F)/C(F)=C/F. The van der Waals surface area contributed by atoms with Crippen molar-refractivity contribution in [2.75, 3.05) is 0 Å². The number of allylic oxidation sites excluding steroid dienone is 1. The van der Waals surface area contributed by atoms with Gasteiger partial charge in [-0.3, -0.25) is 0 Å². The minimum Gasteiger partial charge on any atom is -0.240 e. The minimum absolute atomic E-state index is 0.384. The molecule has 0 aliphatic carbocycles. The number of halogens is 3. The lowest BCUT2D eigenvalue weighted by atomic mass is 10.4. The zero-order valence-corrected chi connectivity index (χ0v) is 3.79. The van der Waals surface area contributed by atoms with Crippen LogP contribution in [0.15, 0.2) is 12.2 Å². The van der Waals surface area contributed by atoms with Crippen LogP contribution >= 0.6 is 0 Å². The highest BCUT2D eigenvalue weighted by Gasteiger charge is 2.02. The summed E-state index contributed by atoms with van der Waals surface area (Å²) in [5, 5.41) is 0. The summed E-state index contributed by atoms with van der Waals surface area (Å²) in [6.45, 7) is 0.922. The van der Waals surface area contributed by atoms with Crippen LogP contribution in [-0.4, -0.2) is 6.17 Å². The normalized spacial score (nSPS) is 16.9. The maximum atomic E-state index is 11.4. The Morgan fingerprint density at radius 3 is 2.14 bits per heavy atom. The van der Waals surface area contributed by atoms with Crippen LogP contribution in [-0.2, 0) is 0 Å². The summed E-state index contributed by atoms with van der Waals surface area (Å²) in [7, 11) is 0. The Balaban J connectivity index is 3.56.